The van der Waals surface area contributed by atoms with Crippen molar-refractivity contribution in [1.29, 1.82) is 5.26 Å². The Balaban J connectivity index is 2.22. The molecule has 1 aromatic heterocycles. The van der Waals surface area contributed by atoms with Crippen LogP contribution in [0.1, 0.15) is 22.9 Å². The Hall–Kier alpha value is -2.23. The predicted molar refractivity (Wildman–Crippen MR) is 90.1 cm³/mol. The molecule has 2 rings (SSSR count). The fourth-order valence-electron chi connectivity index (χ4n) is 2.23. The molecule has 1 aromatic rings. The van der Waals surface area contributed by atoms with Crippen LogP contribution in [0.2, 0.25) is 0 Å². The molecule has 1 aliphatic rings. The van der Waals surface area contributed by atoms with Gasteiger partial charge in [0.2, 0.25) is 0 Å². The summed E-state index contributed by atoms with van der Waals surface area (Å²) >= 11 is 1.49. The summed E-state index contributed by atoms with van der Waals surface area (Å²) in [5.74, 6) is -0.223. The molecule has 0 aromatic carbocycles. The molecule has 2 heterocycles. The number of carbonyl (C=O) groups is 1. The largest absolute Gasteiger partial charge is 0.313 e. The van der Waals surface area contributed by atoms with Crippen molar-refractivity contribution in [3.05, 3.63) is 40.4 Å². The lowest BCUT2D eigenvalue weighted by atomic mass is 10.0. The summed E-state index contributed by atoms with van der Waals surface area (Å²) in [7, 11) is 2.05. The average molecular weight is 314 g/mol. The van der Waals surface area contributed by atoms with Crippen molar-refractivity contribution >= 4 is 28.5 Å². The van der Waals surface area contributed by atoms with Gasteiger partial charge in [-0.05, 0) is 32.0 Å². The highest BCUT2D eigenvalue weighted by Crippen LogP contribution is 2.36. The van der Waals surface area contributed by atoms with Gasteiger partial charge in [0.25, 0.3) is 5.91 Å². The number of rotatable bonds is 4. The summed E-state index contributed by atoms with van der Waals surface area (Å²) in [6, 6.07) is 2.23. The molecular formula is C16H18N4OS. The van der Waals surface area contributed by atoms with Gasteiger partial charge in [-0.15, -0.1) is 11.3 Å². The Labute approximate surface area is 134 Å². The molecule has 6 heteroatoms. The molecule has 0 fully saturated rings. The summed E-state index contributed by atoms with van der Waals surface area (Å²) in [5.41, 5.74) is 2.21. The second-order valence-electron chi connectivity index (χ2n) is 5.09. The summed E-state index contributed by atoms with van der Waals surface area (Å²) in [6.07, 6.45) is 5.38. The molecule has 5 nitrogen and oxygen atoms in total. The number of allylic oxidation sites excluding steroid dienone is 1. The number of nitrogens with zero attached hydrogens (tertiary/aromatic N) is 3. The van der Waals surface area contributed by atoms with Crippen LogP contribution in [-0.4, -0.2) is 30.6 Å². The zero-order chi connectivity index (χ0) is 16.1. The molecule has 0 saturated heterocycles. The lowest BCUT2D eigenvalue weighted by Crippen LogP contribution is -2.25. The van der Waals surface area contributed by atoms with E-state index in [1.165, 1.54) is 23.8 Å². The molecule has 1 N–H and O–H groups in total. The van der Waals surface area contributed by atoms with Gasteiger partial charge in [-0.3, -0.25) is 9.79 Å². The molecule has 0 unspecified atom stereocenters. The number of likely N-dealkylation sites (N-methyl/N-ethyl adjacent to an activating group) is 1. The fourth-order valence-corrected chi connectivity index (χ4v) is 3.50. The third-order valence-electron chi connectivity index (χ3n) is 3.46. The van der Waals surface area contributed by atoms with Crippen molar-refractivity contribution in [3.8, 4) is 6.07 Å². The Bertz CT molecular complexity index is 694. The van der Waals surface area contributed by atoms with Crippen molar-refractivity contribution in [2.45, 2.75) is 19.9 Å². The highest BCUT2D eigenvalue weighted by atomic mass is 32.1. The highest BCUT2D eigenvalue weighted by molar-refractivity contribution is 7.16. The molecular weight excluding hydrogens is 296 g/mol. The van der Waals surface area contributed by atoms with E-state index >= 15 is 0 Å². The lowest BCUT2D eigenvalue weighted by molar-refractivity contribution is -0.112. The molecule has 0 radical (unpaired) electrons. The van der Waals surface area contributed by atoms with Crippen LogP contribution in [0.15, 0.2) is 29.4 Å². The normalized spacial score (nSPS) is 15.4. The highest BCUT2D eigenvalue weighted by Gasteiger charge is 2.23. The predicted octanol–water partition coefficient (Wildman–Crippen LogP) is 2.71. The molecule has 0 spiro atoms. The zero-order valence-corrected chi connectivity index (χ0v) is 13.5. The molecule has 0 bridgehead atoms. The molecule has 114 valence electrons. The molecule has 22 heavy (non-hydrogen) atoms. The third kappa shape index (κ3) is 3.50. The van der Waals surface area contributed by atoms with Gasteiger partial charge in [-0.2, -0.15) is 5.26 Å². The Kier molecular flexibility index (Phi) is 5.26. The SMILES string of the molecule is C=CN=C/C=C(\C)C(=O)Nc1sc2c(c1C#N)CCN(C)C2. The number of fused-ring (bicyclic) bond motifs is 1. The number of aliphatic imine (C=N–C) groups is 1. The maximum atomic E-state index is 12.2. The van der Waals surface area contributed by atoms with E-state index in [-0.39, 0.29) is 5.91 Å². The van der Waals surface area contributed by atoms with Crippen molar-refractivity contribution < 1.29 is 4.79 Å². The van der Waals surface area contributed by atoms with Gasteiger partial charge in [0.15, 0.2) is 0 Å². The van der Waals surface area contributed by atoms with Crippen molar-refractivity contribution in [2.24, 2.45) is 4.99 Å². The first kappa shape index (κ1) is 16.1. The van der Waals surface area contributed by atoms with E-state index in [4.69, 9.17) is 0 Å². The zero-order valence-electron chi connectivity index (χ0n) is 12.7. The van der Waals surface area contributed by atoms with Crippen LogP contribution in [0, 0.1) is 11.3 Å². The second-order valence-corrected chi connectivity index (χ2v) is 6.20. The van der Waals surface area contributed by atoms with Crippen LogP contribution in [0.5, 0.6) is 0 Å². The number of hydrogen-bond acceptors (Lipinski definition) is 5. The van der Waals surface area contributed by atoms with Crippen LogP contribution in [0.3, 0.4) is 0 Å². The van der Waals surface area contributed by atoms with Crippen LogP contribution in [0.4, 0.5) is 5.00 Å². The topological polar surface area (TPSA) is 68.5 Å². The lowest BCUT2D eigenvalue weighted by Gasteiger charge is -2.21. The molecule has 1 aliphatic heterocycles. The molecule has 0 atom stereocenters. The van der Waals surface area contributed by atoms with Gasteiger partial charge in [0.05, 0.1) is 5.56 Å². The van der Waals surface area contributed by atoms with E-state index in [1.807, 2.05) is 0 Å². The van der Waals surface area contributed by atoms with Crippen molar-refractivity contribution in [3.63, 3.8) is 0 Å². The number of nitrogens with one attached hydrogen (secondary N) is 1. The van der Waals surface area contributed by atoms with Crippen LogP contribution < -0.4 is 5.32 Å². The Morgan fingerprint density at radius 1 is 1.59 bits per heavy atom. The standard InChI is InChI=1S/C16H18N4OS/c1-4-18-7-5-11(2)15(21)19-16-13(9-17)12-6-8-20(3)10-14(12)22-16/h4-5,7H,1,6,8,10H2,2-3H3,(H,19,21)/b11-5+,18-7?. The van der Waals surface area contributed by atoms with E-state index in [9.17, 15) is 10.1 Å². The number of carbonyl (C=O) groups excluding carboxylic acids is 1. The molecule has 0 saturated carbocycles. The minimum absolute atomic E-state index is 0.223. The summed E-state index contributed by atoms with van der Waals surface area (Å²) < 4.78 is 0. The number of amides is 1. The smallest absolute Gasteiger partial charge is 0.251 e. The third-order valence-corrected chi connectivity index (χ3v) is 4.59. The number of hydrogen-bond donors (Lipinski definition) is 1. The van der Waals surface area contributed by atoms with Gasteiger partial charge >= 0.3 is 0 Å². The number of nitriles is 1. The first-order chi connectivity index (χ1) is 10.6. The maximum Gasteiger partial charge on any atom is 0.251 e. The number of anilines is 1. The van der Waals surface area contributed by atoms with Gasteiger partial charge in [-0.25, -0.2) is 0 Å². The molecule has 1 amide bonds. The summed E-state index contributed by atoms with van der Waals surface area (Å²) in [6.45, 7) is 6.93. The fraction of sp³-hybridized carbons (Fsp3) is 0.312. The summed E-state index contributed by atoms with van der Waals surface area (Å²) in [5, 5.41) is 12.9. The minimum atomic E-state index is -0.223. The average Bonchev–Trinajstić information content (AvgIpc) is 2.83. The van der Waals surface area contributed by atoms with E-state index in [1.54, 1.807) is 13.0 Å². The van der Waals surface area contributed by atoms with Crippen molar-refractivity contribution in [2.75, 3.05) is 18.9 Å². The monoisotopic (exact) mass is 314 g/mol. The Morgan fingerprint density at radius 3 is 3.05 bits per heavy atom. The second kappa shape index (κ2) is 7.16. The van der Waals surface area contributed by atoms with Crippen LogP contribution in [-0.2, 0) is 17.8 Å². The number of thiophene rings is 1. The minimum Gasteiger partial charge on any atom is -0.313 e. The van der Waals surface area contributed by atoms with Crippen LogP contribution >= 0.6 is 11.3 Å². The van der Waals surface area contributed by atoms with E-state index < -0.39 is 0 Å². The Morgan fingerprint density at radius 2 is 2.36 bits per heavy atom. The van der Waals surface area contributed by atoms with E-state index in [2.05, 4.69) is 34.9 Å². The van der Waals surface area contributed by atoms with Crippen LogP contribution in [0.25, 0.3) is 0 Å². The van der Waals surface area contributed by atoms with Gasteiger partial charge in [0, 0.05) is 36.0 Å². The van der Waals surface area contributed by atoms with E-state index in [0.29, 0.717) is 16.1 Å². The van der Waals surface area contributed by atoms with E-state index in [0.717, 1.165) is 30.0 Å². The van der Waals surface area contributed by atoms with Crippen molar-refractivity contribution in [1.82, 2.24) is 4.90 Å². The quantitative estimate of drug-likeness (QED) is 0.686. The van der Waals surface area contributed by atoms with Gasteiger partial charge < -0.3 is 10.2 Å². The van der Waals surface area contributed by atoms with Gasteiger partial charge in [0.1, 0.15) is 11.1 Å². The first-order valence-corrected chi connectivity index (χ1v) is 7.74. The first-order valence-electron chi connectivity index (χ1n) is 6.92. The maximum absolute atomic E-state index is 12.2. The molecule has 0 aliphatic carbocycles. The summed E-state index contributed by atoms with van der Waals surface area (Å²) in [4.78, 5) is 19.4. The van der Waals surface area contributed by atoms with Gasteiger partial charge in [-0.1, -0.05) is 6.58 Å².